The highest BCUT2D eigenvalue weighted by Crippen LogP contribution is 2.34. The summed E-state index contributed by atoms with van der Waals surface area (Å²) in [5, 5.41) is 0. The van der Waals surface area contributed by atoms with E-state index in [4.69, 9.17) is 4.74 Å². The molecule has 2 aromatic carbocycles. The van der Waals surface area contributed by atoms with Crippen LogP contribution in [-0.2, 0) is 22.7 Å². The predicted molar refractivity (Wildman–Crippen MR) is 116 cm³/mol. The molecule has 2 saturated heterocycles. The normalized spacial score (nSPS) is 19.2. The molecule has 0 atom stereocenters. The minimum Gasteiger partial charge on any atom is -0.482 e. The van der Waals surface area contributed by atoms with E-state index in [0.717, 1.165) is 18.4 Å². The Morgan fingerprint density at radius 2 is 1.56 bits per heavy atom. The van der Waals surface area contributed by atoms with Crippen LogP contribution in [0.2, 0.25) is 0 Å². The highest BCUT2D eigenvalue weighted by Gasteiger charge is 2.33. The second-order valence-corrected chi connectivity index (χ2v) is 10.9. The zero-order valence-electron chi connectivity index (χ0n) is 18.5. The molecule has 2 aromatic rings. The average molecular weight is 505 g/mol. The fourth-order valence-electron chi connectivity index (χ4n) is 4.40. The molecule has 0 aromatic heterocycles. The number of sulfonamides is 1. The fraction of sp³-hybridized carbons (Fsp3) is 0.478. The lowest BCUT2D eigenvalue weighted by molar-refractivity contribution is -0.137. The Balaban J connectivity index is 1.31. The van der Waals surface area contributed by atoms with Crippen molar-refractivity contribution in [1.29, 1.82) is 0 Å². The molecule has 5 nitrogen and oxygen atoms in total. The van der Waals surface area contributed by atoms with Gasteiger partial charge in [-0.05, 0) is 54.2 Å². The Hall–Kier alpha value is -2.24. The monoisotopic (exact) mass is 504 g/mol. The predicted octanol–water partition coefficient (Wildman–Crippen LogP) is 4.39. The molecule has 0 spiro atoms. The van der Waals surface area contributed by atoms with Gasteiger partial charge in [-0.3, -0.25) is 4.90 Å². The van der Waals surface area contributed by atoms with Gasteiger partial charge >= 0.3 is 6.18 Å². The number of nitrogens with zero attached hydrogens (tertiary/aromatic N) is 2. The summed E-state index contributed by atoms with van der Waals surface area (Å²) in [6, 6.07) is 7.38. The van der Waals surface area contributed by atoms with Gasteiger partial charge in [0.1, 0.15) is 6.10 Å². The Morgan fingerprint density at radius 1 is 1.00 bits per heavy atom. The van der Waals surface area contributed by atoms with Gasteiger partial charge in [0.05, 0.1) is 11.8 Å². The van der Waals surface area contributed by atoms with Crippen molar-refractivity contribution in [2.24, 2.45) is 0 Å². The van der Waals surface area contributed by atoms with E-state index < -0.39 is 45.3 Å². The van der Waals surface area contributed by atoms with Crippen molar-refractivity contribution < 1.29 is 35.1 Å². The summed E-state index contributed by atoms with van der Waals surface area (Å²) in [7, 11) is -3.28. The van der Waals surface area contributed by atoms with Crippen LogP contribution in [-0.4, -0.2) is 56.2 Å². The zero-order valence-corrected chi connectivity index (χ0v) is 19.3. The summed E-state index contributed by atoms with van der Waals surface area (Å²) in [5.41, 5.74) is 0.472. The molecule has 34 heavy (non-hydrogen) atoms. The minimum absolute atomic E-state index is 0.140. The van der Waals surface area contributed by atoms with Crippen LogP contribution >= 0.6 is 0 Å². The molecule has 0 aliphatic carbocycles. The standard InChI is InChI=1S/C23H25F5N2O3S/c1-34(31,32)30-8-6-16(7-9-30)17-10-20(24)22(21(25)11-17)33-19-13-29(14-19)12-15-2-4-18(5-3-15)23(26,27)28/h2-5,10-11,16,19H,6-9,12-14H2,1H3. The molecule has 0 saturated carbocycles. The fourth-order valence-corrected chi connectivity index (χ4v) is 5.27. The van der Waals surface area contributed by atoms with Crippen molar-refractivity contribution in [3.05, 3.63) is 64.7 Å². The van der Waals surface area contributed by atoms with Gasteiger partial charge in [-0.15, -0.1) is 0 Å². The lowest BCUT2D eigenvalue weighted by atomic mass is 9.90. The van der Waals surface area contributed by atoms with E-state index in [-0.39, 0.29) is 5.92 Å². The van der Waals surface area contributed by atoms with Crippen LogP contribution in [0.25, 0.3) is 0 Å². The van der Waals surface area contributed by atoms with Crippen molar-refractivity contribution in [2.45, 2.75) is 37.6 Å². The molecule has 0 bridgehead atoms. The summed E-state index contributed by atoms with van der Waals surface area (Å²) >= 11 is 0. The number of hydrogen-bond acceptors (Lipinski definition) is 4. The Bertz CT molecular complexity index is 1100. The lowest BCUT2D eigenvalue weighted by Gasteiger charge is -2.39. The number of rotatable bonds is 6. The molecule has 0 radical (unpaired) electrons. The van der Waals surface area contributed by atoms with Crippen molar-refractivity contribution in [3.8, 4) is 5.75 Å². The van der Waals surface area contributed by atoms with Crippen molar-refractivity contribution >= 4 is 10.0 Å². The maximum atomic E-state index is 14.7. The number of alkyl halides is 3. The first kappa shape index (κ1) is 24.9. The van der Waals surface area contributed by atoms with E-state index in [1.165, 1.54) is 28.6 Å². The maximum absolute atomic E-state index is 14.7. The van der Waals surface area contributed by atoms with Crippen molar-refractivity contribution in [2.75, 3.05) is 32.4 Å². The van der Waals surface area contributed by atoms with Crippen molar-refractivity contribution in [1.82, 2.24) is 9.21 Å². The van der Waals surface area contributed by atoms with Gasteiger partial charge in [0.25, 0.3) is 0 Å². The maximum Gasteiger partial charge on any atom is 0.416 e. The number of halogens is 5. The van der Waals surface area contributed by atoms with Gasteiger partial charge in [0.2, 0.25) is 10.0 Å². The molecule has 2 heterocycles. The minimum atomic E-state index is -4.38. The van der Waals surface area contributed by atoms with Crippen LogP contribution in [0.3, 0.4) is 0 Å². The summed E-state index contributed by atoms with van der Waals surface area (Å²) in [6.45, 7) is 1.81. The van der Waals surface area contributed by atoms with Crippen LogP contribution in [0.1, 0.15) is 35.4 Å². The van der Waals surface area contributed by atoms with E-state index >= 15 is 0 Å². The van der Waals surface area contributed by atoms with E-state index in [0.29, 0.717) is 56.7 Å². The Morgan fingerprint density at radius 3 is 2.06 bits per heavy atom. The quantitative estimate of drug-likeness (QED) is 0.548. The molecule has 0 N–H and O–H groups in total. The average Bonchev–Trinajstić information content (AvgIpc) is 2.73. The number of likely N-dealkylation sites (tertiary alicyclic amines) is 1. The number of hydrogen-bond donors (Lipinski definition) is 0. The zero-order chi connectivity index (χ0) is 24.7. The van der Waals surface area contributed by atoms with E-state index in [1.807, 2.05) is 4.90 Å². The molecule has 2 aliphatic rings. The van der Waals surface area contributed by atoms with Crippen LogP contribution in [0.15, 0.2) is 36.4 Å². The smallest absolute Gasteiger partial charge is 0.416 e. The summed E-state index contributed by atoms with van der Waals surface area (Å²) in [4.78, 5) is 1.91. The lowest BCUT2D eigenvalue weighted by Crippen LogP contribution is -2.53. The highest BCUT2D eigenvalue weighted by molar-refractivity contribution is 7.88. The first-order valence-corrected chi connectivity index (χ1v) is 12.7. The summed E-state index contributed by atoms with van der Waals surface area (Å²) < 4.78 is 97.4. The highest BCUT2D eigenvalue weighted by atomic mass is 32.2. The molecule has 2 aliphatic heterocycles. The second kappa shape index (κ2) is 9.43. The van der Waals surface area contributed by atoms with Crippen LogP contribution < -0.4 is 4.74 Å². The molecular formula is C23H25F5N2O3S. The summed E-state index contributed by atoms with van der Waals surface area (Å²) in [5.74, 6) is -2.20. The Labute approximate surface area is 195 Å². The van der Waals surface area contributed by atoms with Crippen LogP contribution in [0, 0.1) is 11.6 Å². The summed E-state index contributed by atoms with van der Waals surface area (Å²) in [6.07, 6.45) is -2.71. The van der Waals surface area contributed by atoms with Crippen LogP contribution in [0.4, 0.5) is 22.0 Å². The number of benzene rings is 2. The molecule has 0 unspecified atom stereocenters. The largest absolute Gasteiger partial charge is 0.482 e. The van der Waals surface area contributed by atoms with E-state index in [1.54, 1.807) is 0 Å². The van der Waals surface area contributed by atoms with Gasteiger partial charge in [-0.2, -0.15) is 13.2 Å². The van der Waals surface area contributed by atoms with Crippen LogP contribution in [0.5, 0.6) is 5.75 Å². The third kappa shape index (κ3) is 5.69. The first-order valence-electron chi connectivity index (χ1n) is 10.9. The molecule has 186 valence electrons. The molecular weight excluding hydrogens is 479 g/mol. The third-order valence-electron chi connectivity index (χ3n) is 6.31. The third-order valence-corrected chi connectivity index (χ3v) is 7.61. The molecule has 0 amide bonds. The van der Waals surface area contributed by atoms with Gasteiger partial charge in [-0.25, -0.2) is 21.5 Å². The van der Waals surface area contributed by atoms with E-state index in [9.17, 15) is 30.4 Å². The molecule has 2 fully saturated rings. The van der Waals surface area contributed by atoms with Gasteiger partial charge < -0.3 is 4.74 Å². The first-order chi connectivity index (χ1) is 15.9. The SMILES string of the molecule is CS(=O)(=O)N1CCC(c2cc(F)c(OC3CN(Cc4ccc(C(F)(F)F)cc4)C3)c(F)c2)CC1. The van der Waals surface area contributed by atoms with Gasteiger partial charge in [0, 0.05) is 32.7 Å². The second-order valence-electron chi connectivity index (χ2n) is 8.88. The van der Waals surface area contributed by atoms with Gasteiger partial charge in [0.15, 0.2) is 17.4 Å². The van der Waals surface area contributed by atoms with Gasteiger partial charge in [-0.1, -0.05) is 12.1 Å². The molecule has 11 heteroatoms. The molecule has 4 rings (SSSR count). The van der Waals surface area contributed by atoms with E-state index in [2.05, 4.69) is 0 Å². The number of ether oxygens (including phenoxy) is 1. The Kier molecular flexibility index (Phi) is 6.90. The number of piperidine rings is 1. The van der Waals surface area contributed by atoms with Crippen molar-refractivity contribution in [3.63, 3.8) is 0 Å². The topological polar surface area (TPSA) is 49.9 Å².